The van der Waals surface area contributed by atoms with Crippen LogP contribution >= 0.6 is 27.5 Å². The molecule has 150 valence electrons. The minimum atomic E-state index is -0.572. The number of hydrazine groups is 1. The first kappa shape index (κ1) is 19.9. The molecular formula is C20H12BrClN4O4. The number of rotatable bonds is 4. The molecule has 1 saturated heterocycles. The summed E-state index contributed by atoms with van der Waals surface area (Å²) in [6.07, 6.45) is 3.11. The zero-order valence-corrected chi connectivity index (χ0v) is 17.4. The average molecular weight is 488 g/mol. The number of nitro benzene ring substituents is 1. The number of nitro groups is 1. The van der Waals surface area contributed by atoms with Gasteiger partial charge >= 0.3 is 0 Å². The normalized spacial score (nSPS) is 15.0. The fourth-order valence-corrected chi connectivity index (χ4v) is 3.61. The summed E-state index contributed by atoms with van der Waals surface area (Å²) in [4.78, 5) is 35.9. The number of halogens is 2. The van der Waals surface area contributed by atoms with Gasteiger partial charge < -0.3 is 4.57 Å². The number of carbonyl (C=O) groups excluding carboxylic acids is 2. The van der Waals surface area contributed by atoms with Crippen molar-refractivity contribution in [3.8, 4) is 5.69 Å². The van der Waals surface area contributed by atoms with Crippen molar-refractivity contribution in [2.45, 2.75) is 0 Å². The van der Waals surface area contributed by atoms with Gasteiger partial charge in [0.05, 0.1) is 16.3 Å². The van der Waals surface area contributed by atoms with E-state index in [9.17, 15) is 19.7 Å². The summed E-state index contributed by atoms with van der Waals surface area (Å²) < 4.78 is 2.39. The van der Waals surface area contributed by atoms with Gasteiger partial charge in [0.25, 0.3) is 17.5 Å². The summed E-state index contributed by atoms with van der Waals surface area (Å²) in [5.41, 5.74) is 3.72. The van der Waals surface area contributed by atoms with E-state index in [1.54, 1.807) is 53.2 Å². The van der Waals surface area contributed by atoms with Gasteiger partial charge in [0, 0.05) is 22.4 Å². The predicted molar refractivity (Wildman–Crippen MR) is 115 cm³/mol. The lowest BCUT2D eigenvalue weighted by atomic mass is 10.2. The van der Waals surface area contributed by atoms with Crippen LogP contribution in [0.1, 0.15) is 5.69 Å². The van der Waals surface area contributed by atoms with Crippen molar-refractivity contribution in [3.05, 3.63) is 91.7 Å². The highest BCUT2D eigenvalue weighted by atomic mass is 79.9. The van der Waals surface area contributed by atoms with Gasteiger partial charge in [0.2, 0.25) is 0 Å². The molecule has 0 spiro atoms. The van der Waals surface area contributed by atoms with Crippen LogP contribution in [0.15, 0.2) is 70.8 Å². The van der Waals surface area contributed by atoms with Gasteiger partial charge in [0.1, 0.15) is 10.6 Å². The summed E-state index contributed by atoms with van der Waals surface area (Å²) in [5.74, 6) is -1.05. The molecule has 0 atom stereocenters. The SMILES string of the molecule is O=C1NN(c2cccc(Br)c2)C(=O)C1=Cc1cccn1-c1ccc(Cl)c([N+](=O)[O-])c1. The fourth-order valence-electron chi connectivity index (χ4n) is 3.04. The molecule has 1 aliphatic rings. The fraction of sp³-hybridized carbons (Fsp3) is 0. The number of nitrogens with zero attached hydrogens (tertiary/aromatic N) is 3. The molecule has 0 aliphatic carbocycles. The van der Waals surface area contributed by atoms with E-state index < -0.39 is 16.7 Å². The van der Waals surface area contributed by atoms with Crippen molar-refractivity contribution < 1.29 is 14.5 Å². The van der Waals surface area contributed by atoms with E-state index in [1.807, 2.05) is 0 Å². The van der Waals surface area contributed by atoms with Gasteiger partial charge in [-0.3, -0.25) is 25.1 Å². The number of aromatic nitrogens is 1. The number of anilines is 1. The Morgan fingerprint density at radius 1 is 1.07 bits per heavy atom. The van der Waals surface area contributed by atoms with E-state index >= 15 is 0 Å². The van der Waals surface area contributed by atoms with Crippen molar-refractivity contribution >= 4 is 56.8 Å². The van der Waals surface area contributed by atoms with Gasteiger partial charge in [-0.25, -0.2) is 5.01 Å². The van der Waals surface area contributed by atoms with Gasteiger partial charge in [0.15, 0.2) is 0 Å². The molecule has 1 aliphatic heterocycles. The molecule has 3 aromatic rings. The molecule has 1 fully saturated rings. The zero-order valence-electron chi connectivity index (χ0n) is 15.1. The van der Waals surface area contributed by atoms with Crippen molar-refractivity contribution in [1.29, 1.82) is 0 Å². The Morgan fingerprint density at radius 3 is 2.60 bits per heavy atom. The third-order valence-corrected chi connectivity index (χ3v) is 5.25. The molecule has 4 rings (SSSR count). The maximum atomic E-state index is 12.8. The summed E-state index contributed by atoms with van der Waals surface area (Å²) >= 11 is 9.22. The molecule has 8 nitrogen and oxygen atoms in total. The first-order chi connectivity index (χ1) is 14.3. The van der Waals surface area contributed by atoms with Crippen molar-refractivity contribution in [2.24, 2.45) is 0 Å². The Kier molecular flexibility index (Phi) is 5.15. The molecule has 10 heteroatoms. The number of hydrogen-bond acceptors (Lipinski definition) is 4. The molecule has 0 saturated carbocycles. The van der Waals surface area contributed by atoms with Crippen molar-refractivity contribution in [3.63, 3.8) is 0 Å². The molecule has 30 heavy (non-hydrogen) atoms. The number of hydrogen-bond donors (Lipinski definition) is 1. The summed E-state index contributed by atoms with van der Waals surface area (Å²) in [6.45, 7) is 0. The Bertz CT molecular complexity index is 1240. The first-order valence-electron chi connectivity index (χ1n) is 8.59. The second kappa shape index (κ2) is 7.77. The lowest BCUT2D eigenvalue weighted by molar-refractivity contribution is -0.384. The molecule has 2 aromatic carbocycles. The van der Waals surface area contributed by atoms with Crippen LogP contribution in [-0.2, 0) is 9.59 Å². The van der Waals surface area contributed by atoms with Crippen LogP contribution in [0.25, 0.3) is 11.8 Å². The van der Waals surface area contributed by atoms with E-state index in [0.29, 0.717) is 17.1 Å². The van der Waals surface area contributed by atoms with E-state index in [4.69, 9.17) is 11.6 Å². The zero-order chi connectivity index (χ0) is 21.4. The topological polar surface area (TPSA) is 97.5 Å². The highest BCUT2D eigenvalue weighted by molar-refractivity contribution is 9.10. The van der Waals surface area contributed by atoms with Crippen LogP contribution < -0.4 is 10.4 Å². The highest BCUT2D eigenvalue weighted by Gasteiger charge is 2.34. The molecule has 1 N–H and O–H groups in total. The standard InChI is InChI=1S/C20H12BrClN4O4/c21-12-3-1-4-15(9-12)25-20(28)16(19(27)23-25)10-13-5-2-8-24(13)14-6-7-17(22)18(11-14)26(29)30/h1-11H,(H,23,27). The van der Waals surface area contributed by atoms with Gasteiger partial charge in [-0.15, -0.1) is 0 Å². The van der Waals surface area contributed by atoms with Gasteiger partial charge in [-0.2, -0.15) is 0 Å². The number of amides is 2. The number of carbonyl (C=O) groups is 2. The van der Waals surface area contributed by atoms with E-state index in [0.717, 1.165) is 4.47 Å². The molecular weight excluding hydrogens is 476 g/mol. The van der Waals surface area contributed by atoms with Crippen LogP contribution in [0.3, 0.4) is 0 Å². The molecule has 1 aromatic heterocycles. The second-order valence-corrected chi connectivity index (χ2v) is 7.64. The minimum absolute atomic E-state index is 0.0193. The summed E-state index contributed by atoms with van der Waals surface area (Å²) in [6, 6.07) is 14.7. The van der Waals surface area contributed by atoms with Crippen LogP contribution in [-0.4, -0.2) is 21.3 Å². The Hall–Kier alpha value is -3.43. The van der Waals surface area contributed by atoms with Gasteiger partial charge in [-0.05, 0) is 48.5 Å². The second-order valence-electron chi connectivity index (χ2n) is 6.32. The maximum Gasteiger partial charge on any atom is 0.289 e. The van der Waals surface area contributed by atoms with E-state index in [1.165, 1.54) is 23.2 Å². The summed E-state index contributed by atoms with van der Waals surface area (Å²) in [7, 11) is 0. The van der Waals surface area contributed by atoms with Crippen molar-refractivity contribution in [1.82, 2.24) is 9.99 Å². The summed E-state index contributed by atoms with van der Waals surface area (Å²) in [5, 5.41) is 12.4. The van der Waals surface area contributed by atoms with Crippen LogP contribution in [0.5, 0.6) is 0 Å². The monoisotopic (exact) mass is 486 g/mol. The average Bonchev–Trinajstić information content (AvgIpc) is 3.28. The Balaban J connectivity index is 1.71. The molecule has 2 heterocycles. The highest BCUT2D eigenvalue weighted by Crippen LogP contribution is 2.29. The number of nitrogens with one attached hydrogen (secondary N) is 1. The molecule has 0 bridgehead atoms. The Morgan fingerprint density at radius 2 is 1.87 bits per heavy atom. The molecule has 0 radical (unpaired) electrons. The van der Waals surface area contributed by atoms with Crippen molar-refractivity contribution in [2.75, 3.05) is 5.01 Å². The maximum absolute atomic E-state index is 12.8. The predicted octanol–water partition coefficient (Wildman–Crippen LogP) is 4.26. The lowest BCUT2D eigenvalue weighted by Crippen LogP contribution is -2.35. The molecule has 2 amide bonds. The smallest absolute Gasteiger partial charge is 0.289 e. The quantitative estimate of drug-likeness (QED) is 0.257. The van der Waals surface area contributed by atoms with E-state index in [2.05, 4.69) is 21.4 Å². The third kappa shape index (κ3) is 3.60. The van der Waals surface area contributed by atoms with Crippen LogP contribution in [0.4, 0.5) is 11.4 Å². The first-order valence-corrected chi connectivity index (χ1v) is 9.76. The van der Waals surface area contributed by atoms with Crippen LogP contribution in [0.2, 0.25) is 5.02 Å². The lowest BCUT2D eigenvalue weighted by Gasteiger charge is -2.14. The van der Waals surface area contributed by atoms with E-state index in [-0.39, 0.29) is 16.3 Å². The minimum Gasteiger partial charge on any atom is -0.317 e. The Labute approximate surface area is 183 Å². The largest absolute Gasteiger partial charge is 0.317 e. The van der Waals surface area contributed by atoms with Crippen LogP contribution in [0, 0.1) is 10.1 Å². The number of benzene rings is 2. The third-order valence-electron chi connectivity index (χ3n) is 4.43. The molecule has 0 unspecified atom stereocenters. The van der Waals surface area contributed by atoms with Gasteiger partial charge in [-0.1, -0.05) is 33.6 Å².